The molecule has 0 aliphatic carbocycles. The highest BCUT2D eigenvalue weighted by molar-refractivity contribution is 5.73. The third-order valence-electron chi connectivity index (χ3n) is 1.54. The standard InChI is InChI=1S/C7H12N2.C2HF3O2/c1-3-4-9-6-5-8(2)7-9;3-2(4,5)1(6)7/h3,5-6H,1,4,7H2,2H3;(H,6,7). The highest BCUT2D eigenvalue weighted by Crippen LogP contribution is 2.13. The fraction of sp³-hybridized carbons (Fsp3) is 0.444. The maximum atomic E-state index is 10.6. The van der Waals surface area contributed by atoms with Crippen molar-refractivity contribution in [1.82, 2.24) is 9.80 Å². The second-order valence-electron chi connectivity index (χ2n) is 3.06. The van der Waals surface area contributed by atoms with Crippen LogP contribution in [0.4, 0.5) is 13.2 Å². The molecule has 0 unspecified atom stereocenters. The Bertz CT molecular complexity index is 276. The first kappa shape index (κ1) is 14.3. The zero-order valence-corrected chi connectivity index (χ0v) is 8.74. The number of carboxylic acid groups (broad SMARTS) is 1. The van der Waals surface area contributed by atoms with Crippen LogP contribution in [0.2, 0.25) is 0 Å². The lowest BCUT2D eigenvalue weighted by molar-refractivity contribution is -0.192. The smallest absolute Gasteiger partial charge is 0.475 e. The van der Waals surface area contributed by atoms with Gasteiger partial charge in [-0.15, -0.1) is 6.58 Å². The summed E-state index contributed by atoms with van der Waals surface area (Å²) in [5.74, 6) is -2.76. The van der Waals surface area contributed by atoms with Crippen LogP contribution in [-0.4, -0.2) is 47.3 Å². The molecule has 1 heterocycles. The fourth-order valence-electron chi connectivity index (χ4n) is 0.873. The predicted octanol–water partition coefficient (Wildman–Crippen LogP) is 1.48. The van der Waals surface area contributed by atoms with Gasteiger partial charge in [0.1, 0.15) is 0 Å². The van der Waals surface area contributed by atoms with Gasteiger partial charge in [-0.1, -0.05) is 6.08 Å². The lowest BCUT2D eigenvalue weighted by Crippen LogP contribution is -2.21. The Labute approximate surface area is 91.3 Å². The summed E-state index contributed by atoms with van der Waals surface area (Å²) in [7, 11) is 2.06. The van der Waals surface area contributed by atoms with Crippen LogP contribution in [0.3, 0.4) is 0 Å². The van der Waals surface area contributed by atoms with Gasteiger partial charge in [0.25, 0.3) is 0 Å². The molecule has 1 rings (SSSR count). The Morgan fingerprint density at radius 1 is 1.56 bits per heavy atom. The normalized spacial score (nSPS) is 14.5. The molecule has 0 spiro atoms. The van der Waals surface area contributed by atoms with Gasteiger partial charge in [0.2, 0.25) is 0 Å². The molecule has 0 radical (unpaired) electrons. The lowest BCUT2D eigenvalue weighted by atomic mass is 10.6. The van der Waals surface area contributed by atoms with Crippen LogP contribution in [0, 0.1) is 0 Å². The van der Waals surface area contributed by atoms with E-state index >= 15 is 0 Å². The fourth-order valence-corrected chi connectivity index (χ4v) is 0.873. The van der Waals surface area contributed by atoms with E-state index < -0.39 is 12.1 Å². The molecule has 16 heavy (non-hydrogen) atoms. The minimum atomic E-state index is -5.08. The number of halogens is 3. The molecule has 1 aliphatic heterocycles. The first-order valence-corrected chi connectivity index (χ1v) is 4.31. The van der Waals surface area contributed by atoms with Gasteiger partial charge in [-0.05, 0) is 0 Å². The monoisotopic (exact) mass is 238 g/mol. The molecule has 92 valence electrons. The Kier molecular flexibility index (Phi) is 5.41. The molecule has 0 aromatic carbocycles. The van der Waals surface area contributed by atoms with E-state index in [4.69, 9.17) is 9.90 Å². The predicted molar refractivity (Wildman–Crippen MR) is 52.4 cm³/mol. The van der Waals surface area contributed by atoms with Gasteiger partial charge in [-0.3, -0.25) is 0 Å². The quantitative estimate of drug-likeness (QED) is 0.740. The van der Waals surface area contributed by atoms with Gasteiger partial charge in [-0.25, -0.2) is 4.79 Å². The van der Waals surface area contributed by atoms with Crippen molar-refractivity contribution < 1.29 is 23.1 Å². The summed E-state index contributed by atoms with van der Waals surface area (Å²) in [4.78, 5) is 13.2. The maximum Gasteiger partial charge on any atom is 0.490 e. The SMILES string of the molecule is C=CCN1C=CN(C)C1.O=C(O)C(F)(F)F. The molecule has 1 N–H and O–H groups in total. The average molecular weight is 238 g/mol. The molecule has 1 aliphatic rings. The second-order valence-corrected chi connectivity index (χ2v) is 3.06. The van der Waals surface area contributed by atoms with Gasteiger partial charge in [0, 0.05) is 26.0 Å². The first-order chi connectivity index (χ1) is 7.27. The van der Waals surface area contributed by atoms with Gasteiger partial charge < -0.3 is 14.9 Å². The maximum absolute atomic E-state index is 10.6. The van der Waals surface area contributed by atoms with Crippen molar-refractivity contribution in [3.05, 3.63) is 25.1 Å². The van der Waals surface area contributed by atoms with Crippen LogP contribution in [0.15, 0.2) is 25.1 Å². The summed E-state index contributed by atoms with van der Waals surface area (Å²) in [5.41, 5.74) is 0. The molecule has 0 fully saturated rings. The van der Waals surface area contributed by atoms with Crippen LogP contribution in [0.5, 0.6) is 0 Å². The van der Waals surface area contributed by atoms with Crippen molar-refractivity contribution in [2.24, 2.45) is 0 Å². The zero-order valence-electron chi connectivity index (χ0n) is 8.74. The van der Waals surface area contributed by atoms with Crippen LogP contribution < -0.4 is 0 Å². The highest BCUT2D eigenvalue weighted by atomic mass is 19.4. The Morgan fingerprint density at radius 2 is 2.06 bits per heavy atom. The summed E-state index contributed by atoms with van der Waals surface area (Å²) in [6, 6.07) is 0. The second kappa shape index (κ2) is 6.04. The van der Waals surface area contributed by atoms with Gasteiger partial charge in [0.05, 0.1) is 6.67 Å². The number of carboxylic acids is 1. The van der Waals surface area contributed by atoms with E-state index in [1.807, 2.05) is 6.08 Å². The third-order valence-corrected chi connectivity index (χ3v) is 1.54. The molecule has 0 aromatic rings. The van der Waals surface area contributed by atoms with Crippen molar-refractivity contribution in [1.29, 1.82) is 0 Å². The minimum absolute atomic E-state index is 0.945. The molecule has 0 bridgehead atoms. The summed E-state index contributed by atoms with van der Waals surface area (Å²) in [6.45, 7) is 5.59. The van der Waals surface area contributed by atoms with Crippen LogP contribution in [-0.2, 0) is 4.79 Å². The molecule has 0 saturated carbocycles. The molecule has 0 aromatic heterocycles. The topological polar surface area (TPSA) is 43.8 Å². The molecule has 7 heteroatoms. The lowest BCUT2D eigenvalue weighted by Gasteiger charge is -2.15. The third kappa shape index (κ3) is 5.94. The largest absolute Gasteiger partial charge is 0.490 e. The molecule has 0 atom stereocenters. The van der Waals surface area contributed by atoms with E-state index in [1.165, 1.54) is 0 Å². The highest BCUT2D eigenvalue weighted by Gasteiger charge is 2.38. The number of hydrogen-bond donors (Lipinski definition) is 1. The number of nitrogens with zero attached hydrogens (tertiary/aromatic N) is 2. The Balaban J connectivity index is 0.000000293. The van der Waals surface area contributed by atoms with E-state index in [0.717, 1.165) is 13.2 Å². The summed E-state index contributed by atoms with van der Waals surface area (Å²) < 4.78 is 31.7. The Morgan fingerprint density at radius 3 is 2.31 bits per heavy atom. The summed E-state index contributed by atoms with van der Waals surface area (Å²) in [6.07, 6.45) is 0.953. The zero-order chi connectivity index (χ0) is 12.8. The van der Waals surface area contributed by atoms with Gasteiger partial charge in [0.15, 0.2) is 0 Å². The molecule has 0 saturated heterocycles. The van der Waals surface area contributed by atoms with Gasteiger partial charge >= 0.3 is 12.1 Å². The van der Waals surface area contributed by atoms with Crippen molar-refractivity contribution in [3.8, 4) is 0 Å². The number of aliphatic carboxylic acids is 1. The van der Waals surface area contributed by atoms with Gasteiger partial charge in [-0.2, -0.15) is 13.2 Å². The number of hydrogen-bond acceptors (Lipinski definition) is 3. The average Bonchev–Trinajstić information content (AvgIpc) is 2.51. The molecule has 0 amide bonds. The van der Waals surface area contributed by atoms with E-state index in [-0.39, 0.29) is 0 Å². The Hall–Kier alpha value is -1.66. The van der Waals surface area contributed by atoms with Crippen LogP contribution in [0.1, 0.15) is 0 Å². The number of carbonyl (C=O) groups is 1. The van der Waals surface area contributed by atoms with E-state index in [2.05, 4.69) is 35.8 Å². The molecular weight excluding hydrogens is 225 g/mol. The number of alkyl halides is 3. The van der Waals surface area contributed by atoms with Crippen molar-refractivity contribution in [2.75, 3.05) is 20.3 Å². The van der Waals surface area contributed by atoms with E-state index in [0.29, 0.717) is 0 Å². The summed E-state index contributed by atoms with van der Waals surface area (Å²) in [5, 5.41) is 7.12. The van der Waals surface area contributed by atoms with Crippen LogP contribution in [0.25, 0.3) is 0 Å². The summed E-state index contributed by atoms with van der Waals surface area (Å²) >= 11 is 0. The minimum Gasteiger partial charge on any atom is -0.475 e. The molecule has 4 nitrogen and oxygen atoms in total. The van der Waals surface area contributed by atoms with Crippen molar-refractivity contribution >= 4 is 5.97 Å². The number of rotatable bonds is 2. The van der Waals surface area contributed by atoms with E-state index in [9.17, 15) is 13.2 Å². The van der Waals surface area contributed by atoms with Crippen molar-refractivity contribution in [3.63, 3.8) is 0 Å². The first-order valence-electron chi connectivity index (χ1n) is 4.31. The van der Waals surface area contributed by atoms with Crippen molar-refractivity contribution in [2.45, 2.75) is 6.18 Å². The van der Waals surface area contributed by atoms with Crippen LogP contribution >= 0.6 is 0 Å². The molecular formula is C9H13F3N2O2. The van der Waals surface area contributed by atoms with E-state index in [1.54, 1.807) is 0 Å².